The third kappa shape index (κ3) is 3.44. The van der Waals surface area contributed by atoms with Crippen molar-refractivity contribution in [1.82, 2.24) is 33.6 Å². The third-order valence-electron chi connectivity index (χ3n) is 7.63. The number of likely N-dealkylation sites (tertiary alicyclic amines) is 1. The van der Waals surface area contributed by atoms with Gasteiger partial charge in [-0.15, -0.1) is 0 Å². The molecule has 2 aliphatic rings. The first-order valence-electron chi connectivity index (χ1n) is 11.8. The van der Waals surface area contributed by atoms with Gasteiger partial charge in [0.1, 0.15) is 22.4 Å². The minimum absolute atomic E-state index is 0.00438. The second-order valence-corrected chi connectivity index (χ2v) is 10.1. The fraction of sp³-hybridized carbons (Fsp3) is 0.400. The van der Waals surface area contributed by atoms with Crippen LogP contribution in [0.4, 0.5) is 13.2 Å². The minimum atomic E-state index is -4.57. The van der Waals surface area contributed by atoms with Crippen LogP contribution in [0.5, 0.6) is 0 Å². The Balaban J connectivity index is 1.33. The lowest BCUT2D eigenvalue weighted by Gasteiger charge is -2.50. The van der Waals surface area contributed by atoms with Crippen molar-refractivity contribution >= 4 is 11.6 Å². The van der Waals surface area contributed by atoms with E-state index in [0.29, 0.717) is 17.0 Å². The number of nitriles is 1. The van der Waals surface area contributed by atoms with Crippen LogP contribution < -0.4 is 0 Å². The molecule has 0 unspecified atom stereocenters. The van der Waals surface area contributed by atoms with Gasteiger partial charge in [-0.3, -0.25) is 13.9 Å². The summed E-state index contributed by atoms with van der Waals surface area (Å²) in [7, 11) is 1.96. The number of fused-ring (bicyclic) bond motifs is 1. The minimum Gasteiger partial charge on any atom is -0.354 e. The molecule has 9 nitrogen and oxygen atoms in total. The van der Waals surface area contributed by atoms with Gasteiger partial charge in [0.2, 0.25) is 5.91 Å². The SMILES string of the molecule is Cc1cc(-c2cc3nccn3c(-c3cnn(C4(CC#N)CN(C(=O)C5(C(F)(F)F)CC5)C4)c3)n2)cn1C. The summed E-state index contributed by atoms with van der Waals surface area (Å²) in [6.07, 6.45) is 3.86. The van der Waals surface area contributed by atoms with Crippen LogP contribution in [0.2, 0.25) is 0 Å². The molecule has 1 saturated carbocycles. The van der Waals surface area contributed by atoms with Crippen molar-refractivity contribution in [3.05, 3.63) is 48.8 Å². The molecule has 0 aromatic carbocycles. The number of alkyl halides is 3. The quantitative estimate of drug-likeness (QED) is 0.410. The molecule has 0 bridgehead atoms. The molecule has 0 atom stereocenters. The number of imidazole rings is 1. The molecule has 12 heteroatoms. The molecule has 190 valence electrons. The number of rotatable bonds is 5. The average molecular weight is 509 g/mol. The van der Waals surface area contributed by atoms with E-state index in [-0.39, 0.29) is 32.4 Å². The molecule has 1 amide bonds. The Bertz CT molecular complexity index is 1560. The zero-order chi connectivity index (χ0) is 26.2. The summed E-state index contributed by atoms with van der Waals surface area (Å²) < 4.78 is 45.8. The summed E-state index contributed by atoms with van der Waals surface area (Å²) in [4.78, 5) is 23.2. The molecule has 37 heavy (non-hydrogen) atoms. The van der Waals surface area contributed by atoms with E-state index in [1.165, 1.54) is 4.90 Å². The monoisotopic (exact) mass is 508 g/mol. The number of aryl methyl sites for hydroxylation is 2. The van der Waals surface area contributed by atoms with Crippen LogP contribution in [0.15, 0.2) is 43.1 Å². The number of aromatic nitrogens is 6. The van der Waals surface area contributed by atoms with Gasteiger partial charge in [0.05, 0.1) is 29.9 Å². The third-order valence-corrected chi connectivity index (χ3v) is 7.63. The molecular formula is C25H23F3N8O. The molecule has 1 saturated heterocycles. The van der Waals surface area contributed by atoms with Crippen molar-refractivity contribution in [3.63, 3.8) is 0 Å². The summed E-state index contributed by atoms with van der Waals surface area (Å²) in [5.74, 6) is -0.320. The Hall–Kier alpha value is -4.14. The average Bonchev–Trinajstić information content (AvgIpc) is 3.13. The van der Waals surface area contributed by atoms with Gasteiger partial charge in [-0.25, -0.2) is 9.97 Å². The molecule has 0 N–H and O–H groups in total. The van der Waals surface area contributed by atoms with Gasteiger partial charge in [0, 0.05) is 62.2 Å². The van der Waals surface area contributed by atoms with Crippen LogP contribution >= 0.6 is 0 Å². The second kappa shape index (κ2) is 7.68. The summed E-state index contributed by atoms with van der Waals surface area (Å²) in [6, 6.07) is 6.04. The van der Waals surface area contributed by atoms with Crippen molar-refractivity contribution in [1.29, 1.82) is 5.26 Å². The molecule has 4 aromatic heterocycles. The Morgan fingerprint density at radius 3 is 2.57 bits per heavy atom. The summed E-state index contributed by atoms with van der Waals surface area (Å²) >= 11 is 0. The lowest BCUT2D eigenvalue weighted by atomic mass is 9.85. The molecule has 0 spiro atoms. The van der Waals surface area contributed by atoms with Crippen molar-refractivity contribution in [2.45, 2.75) is 37.9 Å². The Labute approximate surface area is 209 Å². The highest BCUT2D eigenvalue weighted by molar-refractivity contribution is 5.87. The standard InChI is InChI=1S/C25H23F3N8O/c1-16-9-17(12-33(16)2)19-10-20-30-7-8-35(20)21(32-19)18-11-31-36(13-18)23(5-6-29)14-34(15-23)22(37)24(3-4-24)25(26,27)28/h7-13H,3-5,14-15H2,1-2H3. The highest BCUT2D eigenvalue weighted by atomic mass is 19.4. The summed E-state index contributed by atoms with van der Waals surface area (Å²) in [6.45, 7) is 1.99. The van der Waals surface area contributed by atoms with E-state index in [4.69, 9.17) is 4.98 Å². The van der Waals surface area contributed by atoms with Gasteiger partial charge in [-0.2, -0.15) is 23.5 Å². The molecule has 1 aliphatic carbocycles. The fourth-order valence-corrected chi connectivity index (χ4v) is 5.13. The number of hydrogen-bond acceptors (Lipinski definition) is 5. The van der Waals surface area contributed by atoms with Crippen molar-refractivity contribution in [3.8, 4) is 28.7 Å². The van der Waals surface area contributed by atoms with E-state index in [1.807, 2.05) is 41.3 Å². The smallest absolute Gasteiger partial charge is 0.354 e. The number of carbonyl (C=O) groups is 1. The van der Waals surface area contributed by atoms with Crippen LogP contribution in [0, 0.1) is 23.7 Å². The van der Waals surface area contributed by atoms with Crippen LogP contribution in [0.3, 0.4) is 0 Å². The van der Waals surface area contributed by atoms with Gasteiger partial charge in [-0.05, 0) is 25.8 Å². The normalized spacial score (nSPS) is 18.0. The van der Waals surface area contributed by atoms with Crippen LogP contribution in [-0.2, 0) is 17.4 Å². The predicted octanol–water partition coefficient (Wildman–Crippen LogP) is 3.70. The first-order valence-corrected chi connectivity index (χ1v) is 11.8. The molecule has 6 rings (SSSR count). The molecule has 4 aromatic rings. The van der Waals surface area contributed by atoms with Gasteiger partial charge < -0.3 is 9.47 Å². The van der Waals surface area contributed by atoms with E-state index in [0.717, 1.165) is 17.0 Å². The number of carbonyl (C=O) groups excluding carboxylic acids is 1. The topological polar surface area (TPSA) is 97.0 Å². The lowest BCUT2D eigenvalue weighted by molar-refractivity contribution is -0.204. The number of halogens is 3. The van der Waals surface area contributed by atoms with E-state index in [1.54, 1.807) is 29.5 Å². The number of nitrogens with zero attached hydrogens (tertiary/aromatic N) is 8. The van der Waals surface area contributed by atoms with E-state index in [9.17, 15) is 23.2 Å². The zero-order valence-corrected chi connectivity index (χ0v) is 20.2. The summed E-state index contributed by atoms with van der Waals surface area (Å²) in [5.41, 5.74) is 0.944. The Morgan fingerprint density at radius 2 is 1.95 bits per heavy atom. The first kappa shape index (κ1) is 23.3. The highest BCUT2D eigenvalue weighted by Crippen LogP contribution is 2.59. The van der Waals surface area contributed by atoms with E-state index < -0.39 is 23.0 Å². The molecule has 2 fully saturated rings. The second-order valence-electron chi connectivity index (χ2n) is 10.1. The first-order chi connectivity index (χ1) is 17.6. The molecule has 1 aliphatic heterocycles. The van der Waals surface area contributed by atoms with Crippen molar-refractivity contribution in [2.24, 2.45) is 12.5 Å². The maximum absolute atomic E-state index is 13.5. The zero-order valence-electron chi connectivity index (χ0n) is 20.2. The van der Waals surface area contributed by atoms with Gasteiger partial charge >= 0.3 is 6.18 Å². The van der Waals surface area contributed by atoms with Crippen LogP contribution in [0.1, 0.15) is 25.0 Å². The van der Waals surface area contributed by atoms with Crippen molar-refractivity contribution in [2.75, 3.05) is 13.1 Å². The summed E-state index contributed by atoms with van der Waals surface area (Å²) in [5, 5.41) is 13.9. The predicted molar refractivity (Wildman–Crippen MR) is 126 cm³/mol. The fourth-order valence-electron chi connectivity index (χ4n) is 5.13. The molecule has 5 heterocycles. The van der Waals surface area contributed by atoms with Gasteiger partial charge in [0.15, 0.2) is 0 Å². The Kier molecular flexibility index (Phi) is 4.83. The maximum atomic E-state index is 13.5. The van der Waals surface area contributed by atoms with Crippen molar-refractivity contribution < 1.29 is 18.0 Å². The molecule has 0 radical (unpaired) electrons. The van der Waals surface area contributed by atoms with Crippen LogP contribution in [-0.4, -0.2) is 58.8 Å². The van der Waals surface area contributed by atoms with E-state index in [2.05, 4.69) is 16.2 Å². The molecular weight excluding hydrogens is 485 g/mol. The van der Waals surface area contributed by atoms with Gasteiger partial charge in [0.25, 0.3) is 0 Å². The highest BCUT2D eigenvalue weighted by Gasteiger charge is 2.70. The lowest BCUT2D eigenvalue weighted by Crippen LogP contribution is -2.66. The number of hydrogen-bond donors (Lipinski definition) is 0. The van der Waals surface area contributed by atoms with E-state index >= 15 is 0 Å². The largest absolute Gasteiger partial charge is 0.403 e. The van der Waals surface area contributed by atoms with Crippen LogP contribution in [0.25, 0.3) is 28.3 Å². The Morgan fingerprint density at radius 1 is 1.19 bits per heavy atom. The van der Waals surface area contributed by atoms with Gasteiger partial charge in [-0.1, -0.05) is 0 Å². The maximum Gasteiger partial charge on any atom is 0.403 e. The number of amides is 1.